The van der Waals surface area contributed by atoms with Crippen LogP contribution in [0.3, 0.4) is 0 Å². The smallest absolute Gasteiger partial charge is 0.316 e. The Morgan fingerprint density at radius 2 is 1.91 bits per heavy atom. The van der Waals surface area contributed by atoms with Crippen LogP contribution in [0.2, 0.25) is 18.1 Å². The molecule has 0 aromatic carbocycles. The second kappa shape index (κ2) is 13.9. The Hall–Kier alpha value is -1.62. The Kier molecular flexibility index (Phi) is 10.9. The fourth-order valence-corrected chi connectivity index (χ4v) is 9.13. The molecular formula is C38H59FO7Si. The van der Waals surface area contributed by atoms with Crippen LogP contribution < -0.4 is 0 Å². The van der Waals surface area contributed by atoms with Crippen LogP contribution in [0.4, 0.5) is 4.39 Å². The monoisotopic (exact) mass is 674 g/mol. The predicted molar refractivity (Wildman–Crippen MR) is 184 cm³/mol. The third-order valence-electron chi connectivity index (χ3n) is 11.7. The van der Waals surface area contributed by atoms with Crippen molar-refractivity contribution >= 4 is 14.3 Å². The van der Waals surface area contributed by atoms with E-state index in [9.17, 15) is 14.3 Å². The van der Waals surface area contributed by atoms with Crippen LogP contribution in [-0.4, -0.2) is 74.6 Å². The molecule has 9 heteroatoms. The average molecular weight is 675 g/mol. The van der Waals surface area contributed by atoms with Crippen molar-refractivity contribution in [1.82, 2.24) is 0 Å². The maximum absolute atomic E-state index is 14.9. The van der Waals surface area contributed by atoms with E-state index in [-0.39, 0.29) is 29.8 Å². The van der Waals surface area contributed by atoms with E-state index < -0.39 is 56.6 Å². The summed E-state index contributed by atoms with van der Waals surface area (Å²) in [5.74, 6) is -1.90. The summed E-state index contributed by atoms with van der Waals surface area (Å²) < 4.78 is 47.8. The van der Waals surface area contributed by atoms with Gasteiger partial charge in [0.15, 0.2) is 14.1 Å². The highest BCUT2D eigenvalue weighted by Crippen LogP contribution is 2.50. The van der Waals surface area contributed by atoms with Crippen molar-refractivity contribution in [3.8, 4) is 0 Å². The molecule has 2 bridgehead atoms. The lowest BCUT2D eigenvalue weighted by Gasteiger charge is -2.50. The molecular weight excluding hydrogens is 615 g/mol. The highest BCUT2D eigenvalue weighted by Gasteiger charge is 2.62. The molecule has 1 N–H and O–H groups in total. The highest BCUT2D eigenvalue weighted by atomic mass is 28.4. The summed E-state index contributed by atoms with van der Waals surface area (Å²) in [7, 11) is -2.42. The van der Waals surface area contributed by atoms with Crippen molar-refractivity contribution in [1.29, 1.82) is 0 Å². The zero-order chi connectivity index (χ0) is 34.4. The molecule has 7 nitrogen and oxygen atoms in total. The summed E-state index contributed by atoms with van der Waals surface area (Å²) in [6.45, 7) is 18.6. The molecule has 5 rings (SSSR count). The van der Waals surface area contributed by atoms with E-state index in [1.54, 1.807) is 6.08 Å². The zero-order valence-corrected chi connectivity index (χ0v) is 31.1. The fourth-order valence-electron chi connectivity index (χ4n) is 7.87. The summed E-state index contributed by atoms with van der Waals surface area (Å²) in [5, 5.41) is 12.6. The van der Waals surface area contributed by atoms with Crippen LogP contribution >= 0.6 is 0 Å². The number of hydrogen-bond acceptors (Lipinski definition) is 7. The van der Waals surface area contributed by atoms with Gasteiger partial charge in [-0.25, -0.2) is 4.39 Å². The molecule has 4 heterocycles. The molecule has 3 fully saturated rings. The van der Waals surface area contributed by atoms with E-state index >= 15 is 0 Å². The number of carbonyl (C=O) groups excluding carboxylic acids is 1. The van der Waals surface area contributed by atoms with Crippen LogP contribution in [0, 0.1) is 17.8 Å². The third kappa shape index (κ3) is 7.46. The van der Waals surface area contributed by atoms with Gasteiger partial charge in [0.2, 0.25) is 0 Å². The van der Waals surface area contributed by atoms with Gasteiger partial charge in [-0.3, -0.25) is 4.79 Å². The molecule has 0 unspecified atom stereocenters. The lowest BCUT2D eigenvalue weighted by Crippen LogP contribution is -2.61. The van der Waals surface area contributed by atoms with Crippen molar-refractivity contribution in [2.24, 2.45) is 17.8 Å². The van der Waals surface area contributed by atoms with Gasteiger partial charge in [0, 0.05) is 19.3 Å². The van der Waals surface area contributed by atoms with Gasteiger partial charge in [-0.2, -0.15) is 0 Å². The second-order valence-corrected chi connectivity index (χ2v) is 21.2. The normalized spacial score (nSPS) is 43.2. The first-order valence-electron chi connectivity index (χ1n) is 17.9. The number of hydrogen-bond donors (Lipinski definition) is 1. The highest BCUT2D eigenvalue weighted by molar-refractivity contribution is 6.74. The first-order chi connectivity index (χ1) is 22.0. The maximum Gasteiger partial charge on any atom is 0.316 e. The first kappa shape index (κ1) is 36.7. The number of allylic oxidation sites excluding steroid dienone is 4. The lowest BCUT2D eigenvalue weighted by molar-refractivity contribution is -0.335. The summed E-state index contributed by atoms with van der Waals surface area (Å²) >= 11 is 0. The quantitative estimate of drug-likeness (QED) is 0.184. The number of carbonyl (C=O) groups is 1. The molecule has 1 spiro atoms. The van der Waals surface area contributed by atoms with Crippen LogP contribution in [0.15, 0.2) is 47.1 Å². The Labute approximate surface area is 283 Å². The molecule has 264 valence electrons. The number of ether oxygens (including phenoxy) is 4. The van der Waals surface area contributed by atoms with E-state index in [1.807, 2.05) is 12.2 Å². The van der Waals surface area contributed by atoms with Gasteiger partial charge >= 0.3 is 5.97 Å². The Morgan fingerprint density at radius 3 is 2.60 bits per heavy atom. The van der Waals surface area contributed by atoms with Gasteiger partial charge < -0.3 is 28.5 Å². The Morgan fingerprint density at radius 1 is 1.17 bits per heavy atom. The number of halogens is 1. The topological polar surface area (TPSA) is 83.5 Å². The molecule has 0 aromatic rings. The van der Waals surface area contributed by atoms with Crippen LogP contribution in [0.25, 0.3) is 0 Å². The average Bonchev–Trinajstić information content (AvgIpc) is 3.32. The van der Waals surface area contributed by atoms with Crippen molar-refractivity contribution in [3.63, 3.8) is 0 Å². The van der Waals surface area contributed by atoms with E-state index in [0.29, 0.717) is 36.3 Å². The van der Waals surface area contributed by atoms with E-state index in [2.05, 4.69) is 73.7 Å². The Balaban J connectivity index is 1.56. The number of rotatable bonds is 4. The van der Waals surface area contributed by atoms with Gasteiger partial charge in [-0.05, 0) is 73.7 Å². The second-order valence-electron chi connectivity index (χ2n) is 16.5. The molecule has 5 aliphatic rings. The zero-order valence-electron chi connectivity index (χ0n) is 30.1. The lowest BCUT2D eigenvalue weighted by atomic mass is 9.70. The van der Waals surface area contributed by atoms with Crippen LogP contribution in [0.1, 0.15) is 93.4 Å². The number of aliphatic hydroxyl groups is 1. The Bertz CT molecular complexity index is 1280. The van der Waals surface area contributed by atoms with Crippen molar-refractivity contribution in [2.75, 3.05) is 13.3 Å². The molecule has 0 aromatic heterocycles. The van der Waals surface area contributed by atoms with Crippen molar-refractivity contribution in [3.05, 3.63) is 47.1 Å². The molecule has 47 heavy (non-hydrogen) atoms. The number of fused-ring (bicyclic) bond motifs is 2. The van der Waals surface area contributed by atoms with Gasteiger partial charge in [-0.1, -0.05) is 77.5 Å². The standard InChI is InChI=1S/C38H59FO7Si/c1-10-32-26(4)16-17-37(45-32)21-30-20-29(44-37)15-14-25(3)18-24(2)12-11-13-28-23-42-34-33(46-47(8,9)36(5,6)7)27(22-39)19-31(35(40)43-30)38(28,34)41/h11-14,19,24,26,29-34,41H,10,15-18,20-23H2,1-9H3/b12-11+,25-14+,28-13+/t24-,26-,29+,30-,31-,32+,33+,34+,37+,38+/m0/s1. The first-order valence-corrected chi connectivity index (χ1v) is 20.8. The third-order valence-corrected chi connectivity index (χ3v) is 16.2. The minimum Gasteiger partial charge on any atom is -0.462 e. The summed E-state index contributed by atoms with van der Waals surface area (Å²) in [6, 6.07) is 0. The fraction of sp³-hybridized carbons (Fsp3) is 0.763. The maximum atomic E-state index is 14.9. The van der Waals surface area contributed by atoms with Crippen LogP contribution in [0.5, 0.6) is 0 Å². The molecule has 4 aliphatic heterocycles. The number of alkyl halides is 1. The summed E-state index contributed by atoms with van der Waals surface area (Å²) in [5.41, 5.74) is 0.411. The molecule has 1 aliphatic carbocycles. The summed E-state index contributed by atoms with van der Waals surface area (Å²) in [6.07, 6.45) is 12.5. The minimum atomic E-state index is -2.42. The van der Waals surface area contributed by atoms with Crippen molar-refractivity contribution in [2.45, 2.75) is 153 Å². The predicted octanol–water partition coefficient (Wildman–Crippen LogP) is 7.90. The molecule has 0 saturated carbocycles. The molecule has 10 atom stereocenters. The largest absolute Gasteiger partial charge is 0.462 e. The minimum absolute atomic E-state index is 0.0673. The van der Waals surface area contributed by atoms with Gasteiger partial charge in [0.05, 0.1) is 24.9 Å². The van der Waals surface area contributed by atoms with Gasteiger partial charge in [-0.15, -0.1) is 0 Å². The van der Waals surface area contributed by atoms with Crippen molar-refractivity contribution < 1.29 is 37.7 Å². The SMILES string of the molecule is CC[C@H]1O[C@]2(CC[C@@H]1C)C[C@@H]1C[C@@H](C/C=C(\C)C[C@@H](C)/C=C/C=C3\CO[C@@H]4[C@H](O[Si](C)(C)C(C)(C)C)C(CF)=C[C@@H](C(=O)O1)[C@]34O)O2. The molecule has 3 saturated heterocycles. The van der Waals surface area contributed by atoms with E-state index in [4.69, 9.17) is 23.4 Å². The van der Waals surface area contributed by atoms with Gasteiger partial charge in [0.25, 0.3) is 0 Å². The molecule has 0 radical (unpaired) electrons. The number of esters is 1. The molecule has 0 amide bonds. The van der Waals surface area contributed by atoms with Gasteiger partial charge in [0.1, 0.15) is 30.4 Å². The van der Waals surface area contributed by atoms with E-state index in [1.165, 1.54) is 5.57 Å². The van der Waals surface area contributed by atoms with Crippen LogP contribution in [-0.2, 0) is 28.2 Å². The van der Waals surface area contributed by atoms with E-state index in [0.717, 1.165) is 25.7 Å². The summed E-state index contributed by atoms with van der Waals surface area (Å²) in [4.78, 5) is 14.4.